The van der Waals surface area contributed by atoms with E-state index in [-0.39, 0.29) is 0 Å². The van der Waals surface area contributed by atoms with E-state index in [1.54, 1.807) is 4.68 Å². The molecule has 0 aliphatic rings. The Hall–Kier alpha value is -1.30. The van der Waals surface area contributed by atoms with E-state index < -0.39 is 0 Å². The van der Waals surface area contributed by atoms with Crippen LogP contribution in [0, 0.1) is 17.2 Å². The number of hydrogen-bond donors (Lipinski definition) is 0. The van der Waals surface area contributed by atoms with E-state index in [4.69, 9.17) is 5.26 Å². The van der Waals surface area contributed by atoms with Gasteiger partial charge in [0.15, 0.2) is 5.69 Å². The van der Waals surface area contributed by atoms with Gasteiger partial charge in [-0.2, -0.15) is 10.4 Å². The molecule has 0 spiro atoms. The van der Waals surface area contributed by atoms with Crippen LogP contribution in [0.3, 0.4) is 0 Å². The summed E-state index contributed by atoms with van der Waals surface area (Å²) in [6.07, 6.45) is 2.84. The van der Waals surface area contributed by atoms with Crippen LogP contribution in [0.2, 0.25) is 0 Å². The van der Waals surface area contributed by atoms with Crippen molar-refractivity contribution in [3.63, 3.8) is 0 Å². The van der Waals surface area contributed by atoms with Gasteiger partial charge in [0.05, 0.1) is 0 Å². The Morgan fingerprint density at radius 1 is 1.67 bits per heavy atom. The first-order chi connectivity index (χ1) is 5.63. The number of aromatic nitrogens is 2. The van der Waals surface area contributed by atoms with Crippen LogP contribution in [-0.2, 0) is 13.5 Å². The van der Waals surface area contributed by atoms with Crippen molar-refractivity contribution in [1.82, 2.24) is 9.78 Å². The van der Waals surface area contributed by atoms with E-state index in [1.165, 1.54) is 0 Å². The number of nitriles is 1. The maximum atomic E-state index is 8.72. The standard InChI is InChI=1S/C9H13N3/c1-7(2)4-8-6-12(3)11-9(8)5-10/h6-7H,4H2,1-3H3. The minimum Gasteiger partial charge on any atom is -0.274 e. The monoisotopic (exact) mass is 163 g/mol. The predicted octanol–water partition coefficient (Wildman–Crippen LogP) is 1.49. The van der Waals surface area contributed by atoms with Crippen LogP contribution < -0.4 is 0 Å². The first-order valence-electron chi connectivity index (χ1n) is 4.06. The summed E-state index contributed by atoms with van der Waals surface area (Å²) in [5.41, 5.74) is 1.61. The molecule has 0 amide bonds. The molecule has 0 aliphatic heterocycles. The predicted molar refractivity (Wildman–Crippen MR) is 46.5 cm³/mol. The molecule has 0 bridgehead atoms. The fourth-order valence-corrected chi connectivity index (χ4v) is 1.22. The van der Waals surface area contributed by atoms with E-state index >= 15 is 0 Å². The summed E-state index contributed by atoms with van der Waals surface area (Å²) in [7, 11) is 1.84. The second kappa shape index (κ2) is 3.40. The average molecular weight is 163 g/mol. The largest absolute Gasteiger partial charge is 0.274 e. The molecule has 0 saturated heterocycles. The molecule has 0 unspecified atom stereocenters. The van der Waals surface area contributed by atoms with Crippen molar-refractivity contribution in [3.8, 4) is 6.07 Å². The van der Waals surface area contributed by atoms with Crippen LogP contribution >= 0.6 is 0 Å². The van der Waals surface area contributed by atoms with E-state index in [0.717, 1.165) is 12.0 Å². The second-order valence-corrected chi connectivity index (χ2v) is 3.39. The van der Waals surface area contributed by atoms with E-state index in [1.807, 2.05) is 13.2 Å². The molecule has 1 aromatic rings. The maximum Gasteiger partial charge on any atom is 0.165 e. The SMILES string of the molecule is CC(C)Cc1cn(C)nc1C#N. The van der Waals surface area contributed by atoms with Crippen molar-refractivity contribution in [1.29, 1.82) is 5.26 Å². The maximum absolute atomic E-state index is 8.72. The highest BCUT2D eigenvalue weighted by atomic mass is 15.2. The van der Waals surface area contributed by atoms with Crippen LogP contribution in [-0.4, -0.2) is 9.78 Å². The summed E-state index contributed by atoms with van der Waals surface area (Å²) >= 11 is 0. The molecule has 1 rings (SSSR count). The van der Waals surface area contributed by atoms with Crippen molar-refractivity contribution < 1.29 is 0 Å². The zero-order valence-electron chi connectivity index (χ0n) is 7.70. The molecule has 0 radical (unpaired) electrons. The summed E-state index contributed by atoms with van der Waals surface area (Å²) in [5.74, 6) is 0.571. The fourth-order valence-electron chi connectivity index (χ4n) is 1.22. The molecule has 12 heavy (non-hydrogen) atoms. The van der Waals surface area contributed by atoms with Gasteiger partial charge in [-0.3, -0.25) is 4.68 Å². The summed E-state index contributed by atoms with van der Waals surface area (Å²) in [6, 6.07) is 2.09. The molecular formula is C9H13N3. The minimum absolute atomic E-state index is 0.561. The molecule has 1 aromatic heterocycles. The molecular weight excluding hydrogens is 150 g/mol. The van der Waals surface area contributed by atoms with Gasteiger partial charge in [-0.25, -0.2) is 0 Å². The molecule has 0 aliphatic carbocycles. The Labute approximate surface area is 72.6 Å². The molecule has 0 aromatic carbocycles. The van der Waals surface area contributed by atoms with Crippen LogP contribution in [0.5, 0.6) is 0 Å². The normalized spacial score (nSPS) is 10.2. The van der Waals surface area contributed by atoms with Crippen molar-refractivity contribution >= 4 is 0 Å². The third-order valence-corrected chi connectivity index (χ3v) is 1.64. The van der Waals surface area contributed by atoms with Crippen molar-refractivity contribution in [2.45, 2.75) is 20.3 Å². The van der Waals surface area contributed by atoms with E-state index in [9.17, 15) is 0 Å². The number of nitrogens with zero attached hydrogens (tertiary/aromatic N) is 3. The van der Waals surface area contributed by atoms with Gasteiger partial charge in [0.25, 0.3) is 0 Å². The molecule has 64 valence electrons. The van der Waals surface area contributed by atoms with Gasteiger partial charge >= 0.3 is 0 Å². The lowest BCUT2D eigenvalue weighted by Crippen LogP contribution is -1.94. The Balaban J connectivity index is 2.91. The molecule has 0 N–H and O–H groups in total. The Kier molecular flexibility index (Phi) is 2.49. The molecule has 0 fully saturated rings. The van der Waals surface area contributed by atoms with Crippen LogP contribution in [0.4, 0.5) is 0 Å². The second-order valence-electron chi connectivity index (χ2n) is 3.39. The van der Waals surface area contributed by atoms with E-state index in [0.29, 0.717) is 11.6 Å². The van der Waals surface area contributed by atoms with Gasteiger partial charge < -0.3 is 0 Å². The van der Waals surface area contributed by atoms with Crippen molar-refractivity contribution in [2.24, 2.45) is 13.0 Å². The topological polar surface area (TPSA) is 41.6 Å². The van der Waals surface area contributed by atoms with Gasteiger partial charge in [0.1, 0.15) is 6.07 Å². The van der Waals surface area contributed by atoms with Gasteiger partial charge in [-0.05, 0) is 12.3 Å². The quantitative estimate of drug-likeness (QED) is 0.662. The highest BCUT2D eigenvalue weighted by molar-refractivity contribution is 5.29. The summed E-state index contributed by atoms with van der Waals surface area (Å²) in [6.45, 7) is 4.27. The highest BCUT2D eigenvalue weighted by Crippen LogP contribution is 2.10. The smallest absolute Gasteiger partial charge is 0.165 e. The van der Waals surface area contributed by atoms with Gasteiger partial charge in [0, 0.05) is 18.8 Å². The fraction of sp³-hybridized carbons (Fsp3) is 0.556. The Morgan fingerprint density at radius 3 is 2.83 bits per heavy atom. The van der Waals surface area contributed by atoms with Crippen molar-refractivity contribution in [2.75, 3.05) is 0 Å². The van der Waals surface area contributed by atoms with Crippen LogP contribution in [0.1, 0.15) is 25.1 Å². The summed E-state index contributed by atoms with van der Waals surface area (Å²) in [5, 5.41) is 12.8. The van der Waals surface area contributed by atoms with Crippen molar-refractivity contribution in [3.05, 3.63) is 17.5 Å². The Bertz CT molecular complexity index is 304. The molecule has 3 heteroatoms. The average Bonchev–Trinajstić information content (AvgIpc) is 2.29. The third-order valence-electron chi connectivity index (χ3n) is 1.64. The highest BCUT2D eigenvalue weighted by Gasteiger charge is 2.07. The van der Waals surface area contributed by atoms with E-state index in [2.05, 4.69) is 25.0 Å². The zero-order valence-corrected chi connectivity index (χ0v) is 7.70. The van der Waals surface area contributed by atoms with Crippen LogP contribution in [0.15, 0.2) is 6.20 Å². The van der Waals surface area contributed by atoms with Gasteiger partial charge in [-0.1, -0.05) is 13.8 Å². The minimum atomic E-state index is 0.561. The lowest BCUT2D eigenvalue weighted by molar-refractivity contribution is 0.645. The molecule has 0 saturated carbocycles. The third kappa shape index (κ3) is 1.85. The lowest BCUT2D eigenvalue weighted by Gasteiger charge is -1.99. The summed E-state index contributed by atoms with van der Waals surface area (Å²) in [4.78, 5) is 0. The molecule has 0 atom stereocenters. The number of hydrogen-bond acceptors (Lipinski definition) is 2. The Morgan fingerprint density at radius 2 is 2.33 bits per heavy atom. The van der Waals surface area contributed by atoms with Crippen LogP contribution in [0.25, 0.3) is 0 Å². The molecule has 3 nitrogen and oxygen atoms in total. The zero-order chi connectivity index (χ0) is 9.14. The number of aryl methyl sites for hydroxylation is 1. The first-order valence-corrected chi connectivity index (χ1v) is 4.06. The van der Waals surface area contributed by atoms with Gasteiger partial charge in [-0.15, -0.1) is 0 Å². The van der Waals surface area contributed by atoms with Gasteiger partial charge in [0.2, 0.25) is 0 Å². The summed E-state index contributed by atoms with van der Waals surface area (Å²) < 4.78 is 1.69. The number of rotatable bonds is 2. The molecule has 1 heterocycles. The lowest BCUT2D eigenvalue weighted by atomic mass is 10.0. The first kappa shape index (κ1) is 8.79.